The summed E-state index contributed by atoms with van der Waals surface area (Å²) < 4.78 is 0. The van der Waals surface area contributed by atoms with E-state index >= 15 is 0 Å². The largest absolute Gasteiger partial charge is 0.341 e. The number of halogens is 1. The highest BCUT2D eigenvalue weighted by atomic mass is 35.5. The van der Waals surface area contributed by atoms with Crippen LogP contribution in [0.1, 0.15) is 23.6 Å². The number of anilines is 1. The Hall–Kier alpha value is -1.98. The number of carbonyl (C=O) groups is 1. The molecule has 0 bridgehead atoms. The molecule has 0 aliphatic heterocycles. The second-order valence-electron chi connectivity index (χ2n) is 5.60. The van der Waals surface area contributed by atoms with E-state index in [9.17, 15) is 4.79 Å². The minimum atomic E-state index is -0.0339. The van der Waals surface area contributed by atoms with Crippen LogP contribution in [-0.4, -0.2) is 21.6 Å². The van der Waals surface area contributed by atoms with E-state index in [2.05, 4.69) is 15.3 Å². The van der Waals surface area contributed by atoms with E-state index in [1.54, 1.807) is 17.8 Å². The van der Waals surface area contributed by atoms with Crippen LogP contribution in [0.25, 0.3) is 11.0 Å². The van der Waals surface area contributed by atoms with Crippen LogP contribution in [0.4, 0.5) is 5.69 Å². The fraction of sp³-hybridized carbons (Fsp3) is 0.222. The highest BCUT2D eigenvalue weighted by Crippen LogP contribution is 2.28. The minimum Gasteiger partial charge on any atom is -0.341 e. The lowest BCUT2D eigenvalue weighted by Crippen LogP contribution is -2.15. The van der Waals surface area contributed by atoms with Crippen molar-refractivity contribution in [3.8, 4) is 0 Å². The lowest BCUT2D eigenvalue weighted by atomic mass is 10.2. The summed E-state index contributed by atoms with van der Waals surface area (Å²) in [4.78, 5) is 20.0. The van der Waals surface area contributed by atoms with Crippen LogP contribution in [0, 0.1) is 6.92 Å². The molecule has 0 aliphatic rings. The third-order valence-electron chi connectivity index (χ3n) is 3.72. The molecular weight excluding hydrogens is 342 g/mol. The Bertz CT molecular complexity index is 845. The van der Waals surface area contributed by atoms with Gasteiger partial charge in [-0.2, -0.15) is 0 Å². The van der Waals surface area contributed by atoms with Crippen LogP contribution in [0.2, 0.25) is 5.02 Å². The number of hydrogen-bond donors (Lipinski definition) is 2. The maximum Gasteiger partial charge on any atom is 0.234 e. The van der Waals surface area contributed by atoms with Gasteiger partial charge in [-0.1, -0.05) is 23.7 Å². The van der Waals surface area contributed by atoms with E-state index in [-0.39, 0.29) is 11.2 Å². The standard InChI is InChI=1S/C18H18ClN3OS/c1-11-9-13(19)7-8-14(11)20-17(23)10-24-12(2)18-21-15-5-3-4-6-16(15)22-18/h3-9,12H,10H2,1-2H3,(H,20,23)(H,21,22). The zero-order valence-electron chi connectivity index (χ0n) is 13.5. The van der Waals surface area contributed by atoms with E-state index < -0.39 is 0 Å². The predicted molar refractivity (Wildman–Crippen MR) is 102 cm³/mol. The predicted octanol–water partition coefficient (Wildman–Crippen LogP) is 4.96. The van der Waals surface area contributed by atoms with Crippen LogP contribution >= 0.6 is 23.4 Å². The van der Waals surface area contributed by atoms with Crippen molar-refractivity contribution in [1.29, 1.82) is 0 Å². The van der Waals surface area contributed by atoms with Crippen molar-refractivity contribution in [1.82, 2.24) is 9.97 Å². The molecule has 2 aromatic carbocycles. The fourth-order valence-corrected chi connectivity index (χ4v) is 3.37. The second-order valence-corrected chi connectivity index (χ2v) is 7.37. The first-order valence-electron chi connectivity index (χ1n) is 7.65. The minimum absolute atomic E-state index is 0.0339. The quantitative estimate of drug-likeness (QED) is 0.677. The van der Waals surface area contributed by atoms with Crippen molar-refractivity contribution in [2.45, 2.75) is 19.1 Å². The van der Waals surface area contributed by atoms with E-state index in [0.717, 1.165) is 28.1 Å². The number of carbonyl (C=O) groups excluding carboxylic acids is 1. The number of imidazole rings is 1. The van der Waals surface area contributed by atoms with E-state index in [0.29, 0.717) is 10.8 Å². The second kappa shape index (κ2) is 7.28. The van der Waals surface area contributed by atoms with Gasteiger partial charge in [0.2, 0.25) is 5.91 Å². The summed E-state index contributed by atoms with van der Waals surface area (Å²) >= 11 is 7.48. The Labute approximate surface area is 150 Å². The average Bonchev–Trinajstić information content (AvgIpc) is 2.99. The monoisotopic (exact) mass is 359 g/mol. The maximum absolute atomic E-state index is 12.2. The maximum atomic E-state index is 12.2. The zero-order valence-corrected chi connectivity index (χ0v) is 15.0. The number of thioether (sulfide) groups is 1. The Morgan fingerprint density at radius 3 is 2.88 bits per heavy atom. The molecule has 124 valence electrons. The fourth-order valence-electron chi connectivity index (χ4n) is 2.40. The van der Waals surface area contributed by atoms with Crippen molar-refractivity contribution in [3.05, 3.63) is 58.9 Å². The molecule has 1 aromatic heterocycles. The van der Waals surface area contributed by atoms with E-state index in [1.807, 2.05) is 50.2 Å². The van der Waals surface area contributed by atoms with Crippen LogP contribution in [0.5, 0.6) is 0 Å². The van der Waals surface area contributed by atoms with Crippen LogP contribution < -0.4 is 5.32 Å². The molecule has 0 radical (unpaired) electrons. The molecular formula is C18H18ClN3OS. The summed E-state index contributed by atoms with van der Waals surface area (Å²) in [7, 11) is 0. The number of fused-ring (bicyclic) bond motifs is 1. The molecule has 1 heterocycles. The van der Waals surface area contributed by atoms with Gasteiger partial charge in [-0.15, -0.1) is 11.8 Å². The molecule has 0 fully saturated rings. The number of rotatable bonds is 5. The number of nitrogens with one attached hydrogen (secondary N) is 2. The van der Waals surface area contributed by atoms with Gasteiger partial charge in [-0.3, -0.25) is 4.79 Å². The Morgan fingerprint density at radius 1 is 1.33 bits per heavy atom. The van der Waals surface area contributed by atoms with E-state index in [4.69, 9.17) is 11.6 Å². The molecule has 1 atom stereocenters. The number of benzene rings is 2. The van der Waals surface area contributed by atoms with Crippen molar-refractivity contribution in [2.24, 2.45) is 0 Å². The van der Waals surface area contributed by atoms with Crippen molar-refractivity contribution in [2.75, 3.05) is 11.1 Å². The molecule has 0 saturated heterocycles. The van der Waals surface area contributed by atoms with Gasteiger partial charge < -0.3 is 10.3 Å². The van der Waals surface area contributed by atoms with Crippen LogP contribution in [0.3, 0.4) is 0 Å². The molecule has 0 spiro atoms. The average molecular weight is 360 g/mol. The van der Waals surface area contributed by atoms with Crippen LogP contribution in [0.15, 0.2) is 42.5 Å². The number of amides is 1. The topological polar surface area (TPSA) is 57.8 Å². The normalized spacial score (nSPS) is 12.3. The molecule has 24 heavy (non-hydrogen) atoms. The van der Waals surface area contributed by atoms with Crippen molar-refractivity contribution in [3.63, 3.8) is 0 Å². The number of aromatic amines is 1. The number of hydrogen-bond acceptors (Lipinski definition) is 3. The van der Waals surface area contributed by atoms with Gasteiger partial charge in [-0.05, 0) is 49.7 Å². The van der Waals surface area contributed by atoms with Crippen LogP contribution in [-0.2, 0) is 4.79 Å². The van der Waals surface area contributed by atoms with Gasteiger partial charge >= 0.3 is 0 Å². The van der Waals surface area contributed by atoms with Crippen molar-refractivity contribution < 1.29 is 4.79 Å². The lowest BCUT2D eigenvalue weighted by molar-refractivity contribution is -0.113. The summed E-state index contributed by atoms with van der Waals surface area (Å²) in [5.74, 6) is 1.21. The molecule has 4 nitrogen and oxygen atoms in total. The lowest BCUT2D eigenvalue weighted by Gasteiger charge is -2.11. The highest BCUT2D eigenvalue weighted by Gasteiger charge is 2.14. The summed E-state index contributed by atoms with van der Waals surface area (Å²) in [6.07, 6.45) is 0. The molecule has 3 aromatic rings. The SMILES string of the molecule is Cc1cc(Cl)ccc1NC(=O)CSC(C)c1nc2ccccc2[nH]1. The Morgan fingerprint density at radius 2 is 2.12 bits per heavy atom. The number of aryl methyl sites for hydroxylation is 1. The van der Waals surface area contributed by atoms with Crippen molar-refractivity contribution >= 4 is 46.0 Å². The molecule has 1 unspecified atom stereocenters. The highest BCUT2D eigenvalue weighted by molar-refractivity contribution is 8.00. The molecule has 0 aliphatic carbocycles. The van der Waals surface area contributed by atoms with Gasteiger partial charge in [0.05, 0.1) is 22.0 Å². The molecule has 3 rings (SSSR count). The number of para-hydroxylation sites is 2. The number of H-pyrrole nitrogens is 1. The Balaban J connectivity index is 1.59. The number of nitrogens with zero attached hydrogens (tertiary/aromatic N) is 1. The van der Waals surface area contributed by atoms with Gasteiger partial charge in [-0.25, -0.2) is 4.98 Å². The number of aromatic nitrogens is 2. The molecule has 1 amide bonds. The molecule has 0 saturated carbocycles. The Kier molecular flexibility index (Phi) is 5.11. The summed E-state index contributed by atoms with van der Waals surface area (Å²) in [6, 6.07) is 13.3. The summed E-state index contributed by atoms with van der Waals surface area (Å²) in [6.45, 7) is 3.97. The van der Waals surface area contributed by atoms with Gasteiger partial charge in [0, 0.05) is 10.7 Å². The van der Waals surface area contributed by atoms with Gasteiger partial charge in [0.25, 0.3) is 0 Å². The molecule has 2 N–H and O–H groups in total. The summed E-state index contributed by atoms with van der Waals surface area (Å²) in [5.41, 5.74) is 3.70. The third kappa shape index (κ3) is 3.91. The smallest absolute Gasteiger partial charge is 0.234 e. The van der Waals surface area contributed by atoms with Gasteiger partial charge in [0.15, 0.2) is 0 Å². The summed E-state index contributed by atoms with van der Waals surface area (Å²) in [5, 5.41) is 3.69. The zero-order chi connectivity index (χ0) is 17.1. The third-order valence-corrected chi connectivity index (χ3v) is 5.11. The first kappa shape index (κ1) is 16.9. The first-order chi connectivity index (χ1) is 11.5. The molecule has 6 heteroatoms. The van der Waals surface area contributed by atoms with Gasteiger partial charge in [0.1, 0.15) is 5.82 Å². The van der Waals surface area contributed by atoms with E-state index in [1.165, 1.54) is 0 Å². The first-order valence-corrected chi connectivity index (χ1v) is 9.08.